The Hall–Kier alpha value is -1.78. The van der Waals surface area contributed by atoms with E-state index in [9.17, 15) is 4.39 Å². The Morgan fingerprint density at radius 3 is 2.26 bits per heavy atom. The van der Waals surface area contributed by atoms with Crippen LogP contribution in [0.2, 0.25) is 18.1 Å². The van der Waals surface area contributed by atoms with E-state index in [0.29, 0.717) is 6.61 Å². The van der Waals surface area contributed by atoms with E-state index in [1.54, 1.807) is 0 Å². The van der Waals surface area contributed by atoms with Gasteiger partial charge in [-0.25, -0.2) is 4.39 Å². The lowest BCUT2D eigenvalue weighted by atomic mass is 9.89. The average Bonchev–Trinajstić information content (AvgIpc) is 2.67. The number of aromatic nitrogens is 1. The van der Waals surface area contributed by atoms with Crippen molar-refractivity contribution in [1.29, 1.82) is 0 Å². The van der Waals surface area contributed by atoms with Gasteiger partial charge >= 0.3 is 0 Å². The van der Waals surface area contributed by atoms with Crippen molar-refractivity contribution < 1.29 is 8.82 Å². The monoisotopic (exact) mass is 441 g/mol. The molecule has 4 heteroatoms. The van der Waals surface area contributed by atoms with Crippen LogP contribution >= 0.6 is 0 Å². The topological polar surface area (TPSA) is 22.1 Å². The van der Waals surface area contributed by atoms with Crippen LogP contribution in [0.15, 0.2) is 30.3 Å². The summed E-state index contributed by atoms with van der Waals surface area (Å²) in [5.41, 5.74) is 6.46. The van der Waals surface area contributed by atoms with Gasteiger partial charge in [-0.2, -0.15) is 0 Å². The highest BCUT2D eigenvalue weighted by atomic mass is 28.4. The minimum absolute atomic E-state index is 0.131. The molecule has 0 N–H and O–H groups in total. The third kappa shape index (κ3) is 6.14. The van der Waals surface area contributed by atoms with Crippen LogP contribution in [0.25, 0.3) is 17.2 Å². The number of rotatable bonds is 8. The predicted octanol–water partition coefficient (Wildman–Crippen LogP) is 8.65. The predicted molar refractivity (Wildman–Crippen MR) is 134 cm³/mol. The molecule has 31 heavy (non-hydrogen) atoms. The summed E-state index contributed by atoms with van der Waals surface area (Å²) in [6, 6.07) is 6.83. The Balaban J connectivity index is 2.73. The van der Waals surface area contributed by atoms with E-state index in [4.69, 9.17) is 9.41 Å². The van der Waals surface area contributed by atoms with Crippen LogP contribution in [0.3, 0.4) is 0 Å². The minimum atomic E-state index is -1.93. The minimum Gasteiger partial charge on any atom is -0.412 e. The highest BCUT2D eigenvalue weighted by Crippen LogP contribution is 2.40. The van der Waals surface area contributed by atoms with Gasteiger partial charge in [0.25, 0.3) is 0 Å². The van der Waals surface area contributed by atoms with Gasteiger partial charge in [0.05, 0.1) is 12.3 Å². The fraction of sp³-hybridized carbons (Fsp3) is 0.519. The highest BCUT2D eigenvalue weighted by molar-refractivity contribution is 6.74. The number of nitrogens with zero attached hydrogens (tertiary/aromatic N) is 1. The molecule has 0 bridgehead atoms. The van der Waals surface area contributed by atoms with E-state index in [1.165, 1.54) is 12.1 Å². The number of hydrogen-bond donors (Lipinski definition) is 0. The van der Waals surface area contributed by atoms with Gasteiger partial charge in [0, 0.05) is 16.8 Å². The van der Waals surface area contributed by atoms with Crippen LogP contribution in [0.4, 0.5) is 4.39 Å². The van der Waals surface area contributed by atoms with Crippen molar-refractivity contribution in [1.82, 2.24) is 4.98 Å². The Kier molecular flexibility index (Phi) is 8.40. The molecule has 0 amide bonds. The number of halogens is 1. The molecule has 1 aromatic carbocycles. The molecule has 2 nitrogen and oxygen atoms in total. The Morgan fingerprint density at radius 1 is 1.13 bits per heavy atom. The summed E-state index contributed by atoms with van der Waals surface area (Å²) < 4.78 is 20.4. The zero-order valence-electron chi connectivity index (χ0n) is 20.9. The zero-order valence-corrected chi connectivity index (χ0v) is 21.9. The van der Waals surface area contributed by atoms with Crippen LogP contribution < -0.4 is 0 Å². The molecular formula is C27H40FNOSi. The molecule has 0 spiro atoms. The van der Waals surface area contributed by atoms with E-state index in [2.05, 4.69) is 73.7 Å². The van der Waals surface area contributed by atoms with Gasteiger partial charge in [-0.1, -0.05) is 72.2 Å². The lowest BCUT2D eigenvalue weighted by molar-refractivity contribution is 0.275. The van der Waals surface area contributed by atoms with Crippen LogP contribution in [0.5, 0.6) is 0 Å². The van der Waals surface area contributed by atoms with E-state index in [0.717, 1.165) is 46.5 Å². The second kappa shape index (κ2) is 10.2. The van der Waals surface area contributed by atoms with Crippen molar-refractivity contribution >= 4 is 14.4 Å². The number of hydrogen-bond acceptors (Lipinski definition) is 2. The molecule has 0 radical (unpaired) electrons. The summed E-state index contributed by atoms with van der Waals surface area (Å²) in [5, 5.41) is 0.131. The van der Waals surface area contributed by atoms with E-state index < -0.39 is 8.32 Å². The molecule has 0 atom stereocenters. The largest absolute Gasteiger partial charge is 0.412 e. The molecule has 2 rings (SSSR count). The molecule has 1 aromatic heterocycles. The van der Waals surface area contributed by atoms with Gasteiger partial charge in [0.15, 0.2) is 8.32 Å². The summed E-state index contributed by atoms with van der Waals surface area (Å²) in [6.45, 7) is 20.5. The van der Waals surface area contributed by atoms with Gasteiger partial charge in [-0.05, 0) is 60.7 Å². The third-order valence-electron chi connectivity index (χ3n) is 6.38. The molecule has 0 aliphatic carbocycles. The standard InChI is InChI=1S/C27H40FNOSi/c1-10-11-12-13-23-25(21-14-16-22(28)17-15-21)24(20(4)29-26(23)19(2)3)18-30-31(8,9)27(5,6)7/h12-17,19H,10-11,18H2,1-9H3. The van der Waals surface area contributed by atoms with E-state index >= 15 is 0 Å². The molecule has 0 unspecified atom stereocenters. The summed E-state index contributed by atoms with van der Waals surface area (Å²) in [6.07, 6.45) is 6.55. The van der Waals surface area contributed by atoms with Crippen molar-refractivity contribution in [3.63, 3.8) is 0 Å². The zero-order chi connectivity index (χ0) is 23.4. The summed E-state index contributed by atoms with van der Waals surface area (Å²) in [5.74, 6) is 0.0651. The molecule has 0 saturated carbocycles. The van der Waals surface area contributed by atoms with E-state index in [-0.39, 0.29) is 16.8 Å². The summed E-state index contributed by atoms with van der Waals surface area (Å²) >= 11 is 0. The number of aryl methyl sites for hydroxylation is 1. The summed E-state index contributed by atoms with van der Waals surface area (Å²) in [4.78, 5) is 5.03. The third-order valence-corrected chi connectivity index (χ3v) is 10.9. The number of pyridine rings is 1. The number of unbranched alkanes of at least 4 members (excludes halogenated alkanes) is 1. The molecule has 2 aromatic rings. The maximum Gasteiger partial charge on any atom is 0.192 e. The quantitative estimate of drug-likeness (QED) is 0.382. The van der Waals surface area contributed by atoms with Crippen LogP contribution in [-0.2, 0) is 11.0 Å². The molecule has 0 aliphatic rings. The van der Waals surface area contributed by atoms with Crippen molar-refractivity contribution in [2.45, 2.75) is 92.0 Å². The van der Waals surface area contributed by atoms with Gasteiger partial charge in [0.1, 0.15) is 5.82 Å². The average molecular weight is 442 g/mol. The van der Waals surface area contributed by atoms with Gasteiger partial charge in [-0.3, -0.25) is 4.98 Å². The smallest absolute Gasteiger partial charge is 0.192 e. The fourth-order valence-electron chi connectivity index (χ4n) is 3.35. The molecule has 170 valence electrons. The first kappa shape index (κ1) is 25.5. The summed E-state index contributed by atoms with van der Waals surface area (Å²) in [7, 11) is -1.93. The molecule has 1 heterocycles. The van der Waals surface area contributed by atoms with Gasteiger partial charge < -0.3 is 4.43 Å². The van der Waals surface area contributed by atoms with E-state index in [1.807, 2.05) is 12.1 Å². The van der Waals surface area contributed by atoms with Crippen molar-refractivity contribution in [2.75, 3.05) is 0 Å². The number of allylic oxidation sites excluding steroid dienone is 1. The highest BCUT2D eigenvalue weighted by Gasteiger charge is 2.37. The normalized spacial score (nSPS) is 12.9. The molecule has 0 aliphatic heterocycles. The number of benzene rings is 1. The van der Waals surface area contributed by atoms with Gasteiger partial charge in [0.2, 0.25) is 0 Å². The van der Waals surface area contributed by atoms with Crippen molar-refractivity contribution in [3.8, 4) is 11.1 Å². The van der Waals surface area contributed by atoms with Crippen LogP contribution in [0, 0.1) is 12.7 Å². The maximum absolute atomic E-state index is 13.7. The second-order valence-electron chi connectivity index (χ2n) is 10.3. The SMILES string of the molecule is CCCC=Cc1c(C(C)C)nc(C)c(CO[Si](C)(C)C(C)(C)C)c1-c1ccc(F)cc1. The van der Waals surface area contributed by atoms with Crippen molar-refractivity contribution in [2.24, 2.45) is 0 Å². The van der Waals surface area contributed by atoms with Crippen LogP contribution in [-0.4, -0.2) is 13.3 Å². The van der Waals surface area contributed by atoms with Crippen molar-refractivity contribution in [3.05, 3.63) is 58.7 Å². The van der Waals surface area contributed by atoms with Crippen LogP contribution in [0.1, 0.15) is 82.8 Å². The molecule has 0 fully saturated rings. The Labute approximate surface area is 190 Å². The first-order valence-electron chi connectivity index (χ1n) is 11.5. The molecular weight excluding hydrogens is 401 g/mol. The second-order valence-corrected chi connectivity index (χ2v) is 15.1. The first-order valence-corrected chi connectivity index (χ1v) is 14.4. The Morgan fingerprint density at radius 2 is 1.74 bits per heavy atom. The lowest BCUT2D eigenvalue weighted by Gasteiger charge is -2.36. The first-order chi connectivity index (χ1) is 14.4. The lowest BCUT2D eigenvalue weighted by Crippen LogP contribution is -2.40. The Bertz CT molecular complexity index is 908. The maximum atomic E-state index is 13.7. The van der Waals surface area contributed by atoms with Gasteiger partial charge in [-0.15, -0.1) is 0 Å². The fourth-order valence-corrected chi connectivity index (χ4v) is 4.29. The molecule has 0 saturated heterocycles.